The molecule has 0 unspecified atom stereocenters. The van der Waals surface area contributed by atoms with Gasteiger partial charge in [-0.1, -0.05) is 49.9 Å². The molecule has 0 radical (unpaired) electrons. The van der Waals surface area contributed by atoms with Crippen LogP contribution in [0.5, 0.6) is 0 Å². The Morgan fingerprint density at radius 2 is 1.50 bits per heavy atom. The highest BCUT2D eigenvalue weighted by molar-refractivity contribution is 6.31. The van der Waals surface area contributed by atoms with Crippen LogP contribution >= 0.6 is 23.2 Å². The van der Waals surface area contributed by atoms with Crippen LogP contribution in [0.2, 0.25) is 10.3 Å². The van der Waals surface area contributed by atoms with Crippen molar-refractivity contribution < 1.29 is 15.1 Å². The molecule has 0 saturated heterocycles. The molecule has 0 amide bonds. The molecular weight excluding hydrogens is 351 g/mol. The van der Waals surface area contributed by atoms with Crippen molar-refractivity contribution in [1.82, 2.24) is 19.9 Å². The molecule has 0 atom stereocenters. The fraction of sp³-hybridized carbons (Fsp3) is 0.500. The summed E-state index contributed by atoms with van der Waals surface area (Å²) >= 11 is 11.2. The van der Waals surface area contributed by atoms with E-state index in [1.165, 1.54) is 0 Å². The zero-order chi connectivity index (χ0) is 21.5. The summed E-state index contributed by atoms with van der Waals surface area (Å²) in [4.78, 5) is 34.3. The normalized spacial score (nSPS) is 13.2. The Morgan fingerprint density at radius 3 is 1.96 bits per heavy atom. The summed E-state index contributed by atoms with van der Waals surface area (Å²) in [5.41, 5.74) is -0.0700. The maximum absolute atomic E-state index is 10.8. The van der Waals surface area contributed by atoms with Crippen LogP contribution in [-0.4, -0.2) is 32.5 Å². The molecule has 0 aromatic carbocycles. The van der Waals surface area contributed by atoms with Gasteiger partial charge in [-0.2, -0.15) is 0 Å². The van der Waals surface area contributed by atoms with Gasteiger partial charge in [-0.05, 0) is 12.8 Å². The molecule has 2 rings (SSSR count). The number of imidazole rings is 2. The Balaban J connectivity index is 0.000000283. The number of halogens is 2. The number of nitrogens with zero attached hydrogens (tertiary/aromatic N) is 2. The van der Waals surface area contributed by atoms with Crippen molar-refractivity contribution in [2.24, 2.45) is 0 Å². The lowest BCUT2D eigenvalue weighted by Crippen LogP contribution is -1.87. The van der Waals surface area contributed by atoms with Crippen molar-refractivity contribution in [1.29, 1.82) is 0 Å². The zero-order valence-electron chi connectivity index (χ0n) is 17.5. The second-order valence-electron chi connectivity index (χ2n) is 4.83. The van der Waals surface area contributed by atoms with Crippen LogP contribution in [0, 0.1) is 0 Å². The first-order chi connectivity index (χ1) is 13.0. The Bertz CT molecular complexity index is 824. The first-order valence-electron chi connectivity index (χ1n) is 9.55. The Kier molecular flexibility index (Phi) is 6.72. The minimum atomic E-state index is -1.65. The first-order valence-corrected chi connectivity index (χ1v) is 8.31. The summed E-state index contributed by atoms with van der Waals surface area (Å²) in [5, 5.41) is -0.0453. The van der Waals surface area contributed by atoms with Crippen LogP contribution in [0.1, 0.15) is 77.6 Å². The number of carbonyl (C=O) groups excluding carboxylic acids is 2. The number of aromatic amines is 2. The molecule has 0 saturated carbocycles. The Morgan fingerprint density at radius 1 is 1.00 bits per heavy atom. The number of aldehydes is 2. The van der Waals surface area contributed by atoms with E-state index in [4.69, 9.17) is 28.7 Å². The summed E-state index contributed by atoms with van der Waals surface area (Å²) in [6.07, 6.45) is 0.289. The highest BCUT2D eigenvalue weighted by atomic mass is 35.5. The first kappa shape index (κ1) is 14.7. The van der Waals surface area contributed by atoms with Crippen molar-refractivity contribution in [2.45, 2.75) is 52.3 Å². The number of hydrogen-bond donors (Lipinski definition) is 2. The van der Waals surface area contributed by atoms with Crippen LogP contribution in [0.3, 0.4) is 0 Å². The van der Waals surface area contributed by atoms with Gasteiger partial charge in [-0.25, -0.2) is 9.97 Å². The van der Waals surface area contributed by atoms with Gasteiger partial charge in [0.2, 0.25) is 0 Å². The molecule has 0 fully saturated rings. The van der Waals surface area contributed by atoms with Crippen molar-refractivity contribution >= 4 is 35.7 Å². The maximum Gasteiger partial charge on any atom is 0.169 e. The van der Waals surface area contributed by atoms with Crippen molar-refractivity contribution in [3.63, 3.8) is 0 Å². The fourth-order valence-electron chi connectivity index (χ4n) is 1.68. The molecular formula is C16H22Cl2N4O2. The molecule has 2 N–H and O–H groups in total. The number of nitrogens with one attached hydrogen (secondary N) is 2. The highest BCUT2D eigenvalue weighted by Gasteiger charge is 2.06. The second-order valence-corrected chi connectivity index (χ2v) is 5.55. The lowest BCUT2D eigenvalue weighted by molar-refractivity contribution is 0.111. The highest BCUT2D eigenvalue weighted by Crippen LogP contribution is 2.12. The van der Waals surface area contributed by atoms with Crippen molar-refractivity contribution in [3.05, 3.63) is 33.3 Å². The van der Waals surface area contributed by atoms with Crippen LogP contribution < -0.4 is 0 Å². The minimum Gasteiger partial charge on any atom is -0.339 e. The Hall–Kier alpha value is -1.66. The quantitative estimate of drug-likeness (QED) is 0.666. The van der Waals surface area contributed by atoms with E-state index in [9.17, 15) is 9.59 Å². The van der Waals surface area contributed by atoms with Gasteiger partial charge >= 0.3 is 0 Å². The monoisotopic (exact) mass is 376 g/mol. The number of carbonyl (C=O) groups is 2. The number of hydrogen-bond acceptors (Lipinski definition) is 4. The van der Waals surface area contributed by atoms with E-state index in [0.717, 1.165) is 19.3 Å². The second kappa shape index (κ2) is 11.0. The predicted molar refractivity (Wildman–Crippen MR) is 95.2 cm³/mol. The number of unbranched alkanes of at least 4 members (excludes halogenated alkanes) is 1. The molecule has 132 valence electrons. The summed E-state index contributed by atoms with van der Waals surface area (Å²) < 4.78 is 29.0. The standard InChI is InChI=1S/2C8H11ClN2O/c2*1-2-3-4-7-10-6(5-12)8(9)11-7/h2*5H,2-4H2,1H3,(H,10,11)/i4D2,5D;5D. The molecule has 24 heavy (non-hydrogen) atoms. The van der Waals surface area contributed by atoms with E-state index in [0.29, 0.717) is 12.2 Å². The third kappa shape index (κ3) is 6.45. The molecule has 2 aromatic heterocycles. The van der Waals surface area contributed by atoms with E-state index in [1.54, 1.807) is 0 Å². The number of rotatable bonds is 8. The van der Waals surface area contributed by atoms with E-state index in [-0.39, 0.29) is 33.9 Å². The fourth-order valence-corrected chi connectivity index (χ4v) is 2.03. The van der Waals surface area contributed by atoms with E-state index >= 15 is 0 Å². The van der Waals surface area contributed by atoms with Crippen LogP contribution in [0.15, 0.2) is 0 Å². The average molecular weight is 377 g/mol. The van der Waals surface area contributed by atoms with Crippen molar-refractivity contribution in [2.75, 3.05) is 0 Å². The van der Waals surface area contributed by atoms with Gasteiger partial charge in [0, 0.05) is 15.5 Å². The molecule has 8 heteroatoms. The molecule has 2 aromatic rings. The van der Waals surface area contributed by atoms with Gasteiger partial charge in [-0.3, -0.25) is 9.59 Å². The van der Waals surface area contributed by atoms with Crippen LogP contribution in [0.25, 0.3) is 0 Å². The summed E-state index contributed by atoms with van der Waals surface area (Å²) in [6.45, 7) is 3.92. The topological polar surface area (TPSA) is 91.5 Å². The van der Waals surface area contributed by atoms with Gasteiger partial charge in [0.1, 0.15) is 25.8 Å². The molecule has 0 spiro atoms. The van der Waals surface area contributed by atoms with E-state index < -0.39 is 18.9 Å². The predicted octanol–water partition coefficient (Wildman–Crippen LogP) is 4.44. The molecule has 0 bridgehead atoms. The smallest absolute Gasteiger partial charge is 0.169 e. The number of aromatic nitrogens is 4. The third-order valence-corrected chi connectivity index (χ3v) is 3.43. The lowest BCUT2D eigenvalue weighted by atomic mass is 10.2. The average Bonchev–Trinajstić information content (AvgIpc) is 3.17. The van der Waals surface area contributed by atoms with E-state index in [2.05, 4.69) is 26.9 Å². The lowest BCUT2D eigenvalue weighted by Gasteiger charge is -1.90. The summed E-state index contributed by atoms with van der Waals surface area (Å²) in [7, 11) is 0. The Labute approximate surface area is 157 Å². The van der Waals surface area contributed by atoms with Crippen molar-refractivity contribution in [3.8, 4) is 0 Å². The molecule has 6 nitrogen and oxygen atoms in total. The van der Waals surface area contributed by atoms with Gasteiger partial charge in [0.15, 0.2) is 22.8 Å². The number of aryl methyl sites for hydroxylation is 2. The largest absolute Gasteiger partial charge is 0.339 e. The van der Waals surface area contributed by atoms with E-state index in [1.807, 2.05) is 6.92 Å². The van der Waals surface area contributed by atoms with Gasteiger partial charge in [0.25, 0.3) is 0 Å². The maximum atomic E-state index is 10.8. The third-order valence-electron chi connectivity index (χ3n) is 2.88. The molecule has 2 heterocycles. The molecule has 0 aliphatic rings. The summed E-state index contributed by atoms with van der Waals surface area (Å²) in [6, 6.07) is 0. The summed E-state index contributed by atoms with van der Waals surface area (Å²) in [5.74, 6) is 0.687. The van der Waals surface area contributed by atoms with Gasteiger partial charge in [0.05, 0.1) is 0 Å². The molecule has 0 aliphatic heterocycles. The van der Waals surface area contributed by atoms with Gasteiger partial charge < -0.3 is 9.97 Å². The molecule has 0 aliphatic carbocycles. The zero-order valence-corrected chi connectivity index (χ0v) is 15.0. The van der Waals surface area contributed by atoms with Crippen LogP contribution in [-0.2, 0) is 12.8 Å². The SMILES string of the molecule is [2H]C(=O)c1[nH]c(C([2H])([2H])CCC)nc1Cl.[2H]C(=O)c1[nH]c(CCCC)nc1Cl. The van der Waals surface area contributed by atoms with Gasteiger partial charge in [-0.15, -0.1) is 0 Å². The minimum absolute atomic E-state index is 0.00458. The number of H-pyrrole nitrogens is 2. The van der Waals surface area contributed by atoms with Crippen LogP contribution in [0.4, 0.5) is 0 Å².